The molecule has 0 spiro atoms. The average molecular weight is 373 g/mol. The number of nitrogens with zero attached hydrogens (tertiary/aromatic N) is 4. The first-order valence-electron chi connectivity index (χ1n) is 11.0. The minimum absolute atomic E-state index is 0.215. The van der Waals surface area contributed by atoms with Crippen LogP contribution in [0.4, 0.5) is 0 Å². The van der Waals surface area contributed by atoms with Crippen LogP contribution in [0.1, 0.15) is 55.4 Å². The van der Waals surface area contributed by atoms with E-state index in [9.17, 15) is 0 Å². The maximum absolute atomic E-state index is 3.95. The summed E-state index contributed by atoms with van der Waals surface area (Å²) < 4.78 is 0. The van der Waals surface area contributed by atoms with Gasteiger partial charge in [0.1, 0.15) is 0 Å². The fraction of sp³-hybridized carbons (Fsp3) is 1.00. The van der Waals surface area contributed by atoms with Crippen LogP contribution >= 0.6 is 0 Å². The fourth-order valence-electron chi connectivity index (χ4n) is 3.93. The Balaban J connectivity index is 5.27. The lowest BCUT2D eigenvalue weighted by molar-refractivity contribution is -0.185. The summed E-state index contributed by atoms with van der Waals surface area (Å²) in [4.78, 5) is 10.1. The van der Waals surface area contributed by atoms with Gasteiger partial charge in [-0.05, 0) is 52.4 Å². The Morgan fingerprint density at radius 2 is 0.923 bits per heavy atom. The smallest absolute Gasteiger partial charge is 0.189 e. The zero-order chi connectivity index (χ0) is 20.0. The molecule has 0 saturated heterocycles. The Morgan fingerprint density at radius 1 is 0.538 bits per heavy atom. The Bertz CT molecular complexity index is 278. The van der Waals surface area contributed by atoms with Gasteiger partial charge in [-0.15, -0.1) is 0 Å². The molecule has 26 heavy (non-hydrogen) atoms. The molecule has 6 heteroatoms. The topological polar surface area (TPSA) is 37.0 Å². The molecule has 0 saturated carbocycles. The SMILES string of the molecule is CCN(CC)CNCCNC(N(CC)CC)(N(CC)CC)N(CC)CC. The van der Waals surface area contributed by atoms with E-state index >= 15 is 0 Å². The second-order valence-electron chi connectivity index (χ2n) is 6.54. The lowest BCUT2D eigenvalue weighted by atomic mass is 10.2. The van der Waals surface area contributed by atoms with Crippen molar-refractivity contribution in [3.8, 4) is 0 Å². The predicted octanol–water partition coefficient (Wildman–Crippen LogP) is 2.10. The van der Waals surface area contributed by atoms with Gasteiger partial charge >= 0.3 is 0 Å². The molecule has 0 aromatic carbocycles. The van der Waals surface area contributed by atoms with Crippen molar-refractivity contribution in [1.82, 2.24) is 30.2 Å². The molecule has 158 valence electrons. The van der Waals surface area contributed by atoms with Crippen molar-refractivity contribution in [1.29, 1.82) is 0 Å². The van der Waals surface area contributed by atoms with Gasteiger partial charge in [0.2, 0.25) is 0 Å². The van der Waals surface area contributed by atoms with Crippen molar-refractivity contribution >= 4 is 0 Å². The summed E-state index contributed by atoms with van der Waals surface area (Å²) in [5.41, 5.74) is 0. The Hall–Kier alpha value is -0.240. The van der Waals surface area contributed by atoms with Crippen molar-refractivity contribution < 1.29 is 0 Å². The summed E-state index contributed by atoms with van der Waals surface area (Å²) in [5.74, 6) is -0.215. The first-order chi connectivity index (χ1) is 12.6. The maximum atomic E-state index is 3.95. The highest BCUT2D eigenvalue weighted by Gasteiger charge is 2.43. The van der Waals surface area contributed by atoms with E-state index in [1.807, 2.05) is 0 Å². The molecule has 0 aromatic heterocycles. The van der Waals surface area contributed by atoms with Crippen molar-refractivity contribution in [3.05, 3.63) is 0 Å². The predicted molar refractivity (Wildman–Crippen MR) is 115 cm³/mol. The molecule has 2 N–H and O–H groups in total. The van der Waals surface area contributed by atoms with Crippen LogP contribution in [0.25, 0.3) is 0 Å². The summed E-state index contributed by atoms with van der Waals surface area (Å²) in [6, 6.07) is 0. The zero-order valence-electron chi connectivity index (χ0n) is 19.1. The Kier molecular flexibility index (Phi) is 14.6. The molecule has 6 nitrogen and oxygen atoms in total. The summed E-state index contributed by atoms with van der Waals surface area (Å²) in [5, 5.41) is 7.54. The first kappa shape index (κ1) is 25.8. The number of rotatable bonds is 17. The largest absolute Gasteiger partial charge is 0.303 e. The molecule has 0 bridgehead atoms. The summed E-state index contributed by atoms with van der Waals surface area (Å²) in [7, 11) is 0. The molecular formula is C20H48N6. The molecular weight excluding hydrogens is 324 g/mol. The van der Waals surface area contributed by atoms with E-state index in [1.165, 1.54) is 0 Å². The van der Waals surface area contributed by atoms with E-state index in [1.54, 1.807) is 0 Å². The Labute approximate surface area is 164 Å². The van der Waals surface area contributed by atoms with Gasteiger partial charge in [-0.3, -0.25) is 24.9 Å². The molecule has 0 amide bonds. The fourth-order valence-corrected chi connectivity index (χ4v) is 3.93. The normalized spacial score (nSPS) is 12.9. The van der Waals surface area contributed by atoms with E-state index in [-0.39, 0.29) is 5.91 Å². The number of hydrogen-bond donors (Lipinski definition) is 2. The van der Waals surface area contributed by atoms with Gasteiger partial charge in [-0.25, -0.2) is 0 Å². The minimum atomic E-state index is -0.215. The first-order valence-corrected chi connectivity index (χ1v) is 11.0. The highest BCUT2D eigenvalue weighted by molar-refractivity contribution is 4.87. The number of hydrogen-bond acceptors (Lipinski definition) is 6. The van der Waals surface area contributed by atoms with E-state index < -0.39 is 0 Å². The highest BCUT2D eigenvalue weighted by Crippen LogP contribution is 2.22. The molecule has 0 aliphatic heterocycles. The van der Waals surface area contributed by atoms with Gasteiger partial charge in [0.25, 0.3) is 0 Å². The van der Waals surface area contributed by atoms with Gasteiger partial charge in [0.05, 0.1) is 0 Å². The average Bonchev–Trinajstić information content (AvgIpc) is 2.67. The van der Waals surface area contributed by atoms with Crippen LogP contribution in [-0.4, -0.2) is 97.6 Å². The molecule has 0 rings (SSSR count). The molecule has 0 radical (unpaired) electrons. The van der Waals surface area contributed by atoms with Crippen LogP contribution in [0.15, 0.2) is 0 Å². The molecule has 0 atom stereocenters. The molecule has 0 unspecified atom stereocenters. The highest BCUT2D eigenvalue weighted by atomic mass is 15.7. The third-order valence-corrected chi connectivity index (χ3v) is 5.51. The summed E-state index contributed by atoms with van der Waals surface area (Å²) >= 11 is 0. The van der Waals surface area contributed by atoms with E-state index in [2.05, 4.69) is 85.6 Å². The lowest BCUT2D eigenvalue weighted by Gasteiger charge is -2.56. The molecule has 0 heterocycles. The van der Waals surface area contributed by atoms with Crippen LogP contribution < -0.4 is 10.6 Å². The Morgan fingerprint density at radius 3 is 1.23 bits per heavy atom. The zero-order valence-corrected chi connectivity index (χ0v) is 19.1. The van der Waals surface area contributed by atoms with E-state index in [0.29, 0.717) is 0 Å². The van der Waals surface area contributed by atoms with Crippen molar-refractivity contribution in [2.24, 2.45) is 0 Å². The molecule has 0 fully saturated rings. The van der Waals surface area contributed by atoms with E-state index in [4.69, 9.17) is 0 Å². The summed E-state index contributed by atoms with van der Waals surface area (Å²) in [6.07, 6.45) is 0. The van der Waals surface area contributed by atoms with Gasteiger partial charge in [0, 0.05) is 19.8 Å². The number of nitrogens with one attached hydrogen (secondary N) is 2. The van der Waals surface area contributed by atoms with Crippen LogP contribution in [-0.2, 0) is 0 Å². The second kappa shape index (κ2) is 14.8. The monoisotopic (exact) mass is 372 g/mol. The standard InChI is InChI=1S/C20H48N6/c1-9-23(10-2)19-21-17-18-22-20(24(11-3)12-4,25(13-5)14-6)26(15-7)16-8/h21-22H,9-19H2,1-8H3. The van der Waals surface area contributed by atoms with Crippen LogP contribution in [0.5, 0.6) is 0 Å². The van der Waals surface area contributed by atoms with Gasteiger partial charge in [-0.1, -0.05) is 55.4 Å². The summed E-state index contributed by atoms with van der Waals surface area (Å²) in [6.45, 7) is 29.3. The van der Waals surface area contributed by atoms with Gasteiger partial charge in [0.15, 0.2) is 5.91 Å². The van der Waals surface area contributed by atoms with Crippen molar-refractivity contribution in [2.45, 2.75) is 61.3 Å². The quantitative estimate of drug-likeness (QED) is 0.301. The third kappa shape index (κ3) is 6.73. The van der Waals surface area contributed by atoms with Crippen LogP contribution in [0, 0.1) is 0 Å². The van der Waals surface area contributed by atoms with Crippen LogP contribution in [0.2, 0.25) is 0 Å². The third-order valence-electron chi connectivity index (χ3n) is 5.51. The second-order valence-corrected chi connectivity index (χ2v) is 6.54. The van der Waals surface area contributed by atoms with Crippen molar-refractivity contribution in [2.75, 3.05) is 72.1 Å². The minimum Gasteiger partial charge on any atom is -0.303 e. The van der Waals surface area contributed by atoms with E-state index in [0.717, 1.165) is 72.1 Å². The molecule has 0 aliphatic rings. The van der Waals surface area contributed by atoms with Crippen LogP contribution in [0.3, 0.4) is 0 Å². The maximum Gasteiger partial charge on any atom is 0.189 e. The van der Waals surface area contributed by atoms with Crippen molar-refractivity contribution in [3.63, 3.8) is 0 Å². The molecule has 0 aromatic rings. The van der Waals surface area contributed by atoms with Gasteiger partial charge in [-0.2, -0.15) is 0 Å². The molecule has 0 aliphatic carbocycles. The van der Waals surface area contributed by atoms with Gasteiger partial charge < -0.3 is 5.32 Å². The lowest BCUT2D eigenvalue weighted by Crippen LogP contribution is -2.77.